The van der Waals surface area contributed by atoms with Gasteiger partial charge in [-0.15, -0.1) is 0 Å². The van der Waals surface area contributed by atoms with Crippen molar-refractivity contribution >= 4 is 15.9 Å². The summed E-state index contributed by atoms with van der Waals surface area (Å²) in [4.78, 5) is 13.5. The molecule has 1 amide bonds. The van der Waals surface area contributed by atoms with Crippen LogP contribution in [-0.4, -0.2) is 38.8 Å². The van der Waals surface area contributed by atoms with Crippen LogP contribution in [0.15, 0.2) is 83.8 Å². The van der Waals surface area contributed by atoms with Crippen LogP contribution < -0.4 is 10.1 Å². The maximum Gasteiger partial charge on any atom is 0.243 e. The average Bonchev–Trinajstić information content (AvgIpc) is 2.88. The summed E-state index contributed by atoms with van der Waals surface area (Å²) in [5, 5.41) is 3.22. The molecule has 1 atom stereocenters. The summed E-state index contributed by atoms with van der Waals surface area (Å²) in [6.45, 7) is 2.66. The van der Waals surface area contributed by atoms with Crippen LogP contribution >= 0.6 is 0 Å². The second-order valence-corrected chi connectivity index (χ2v) is 10.6. The van der Waals surface area contributed by atoms with E-state index < -0.39 is 10.0 Å². The van der Waals surface area contributed by atoms with E-state index >= 15 is 0 Å². The van der Waals surface area contributed by atoms with Gasteiger partial charge in [0.2, 0.25) is 15.9 Å². The molecule has 34 heavy (non-hydrogen) atoms. The van der Waals surface area contributed by atoms with E-state index in [1.807, 2.05) is 61.5 Å². The molecule has 1 N–H and O–H groups in total. The van der Waals surface area contributed by atoms with Gasteiger partial charge in [0.05, 0.1) is 18.0 Å². The Morgan fingerprint density at radius 2 is 1.50 bits per heavy atom. The molecule has 178 valence electrons. The lowest BCUT2D eigenvalue weighted by Crippen LogP contribution is -2.43. The number of hydrogen-bond donors (Lipinski definition) is 1. The van der Waals surface area contributed by atoms with E-state index in [1.165, 1.54) is 4.31 Å². The minimum atomic E-state index is -3.60. The van der Waals surface area contributed by atoms with Gasteiger partial charge in [-0.3, -0.25) is 4.79 Å². The Labute approximate surface area is 201 Å². The van der Waals surface area contributed by atoms with Crippen molar-refractivity contribution in [3.05, 3.63) is 95.6 Å². The molecule has 0 aliphatic carbocycles. The lowest BCUT2D eigenvalue weighted by Gasteiger charge is -2.31. The van der Waals surface area contributed by atoms with Crippen LogP contribution in [0.5, 0.6) is 5.75 Å². The van der Waals surface area contributed by atoms with Gasteiger partial charge < -0.3 is 10.1 Å². The Morgan fingerprint density at radius 1 is 0.912 bits per heavy atom. The van der Waals surface area contributed by atoms with Crippen molar-refractivity contribution in [2.24, 2.45) is 5.92 Å². The maximum atomic E-state index is 13.2. The fourth-order valence-corrected chi connectivity index (χ4v) is 5.75. The summed E-state index contributed by atoms with van der Waals surface area (Å²) in [5.74, 6) is 0.325. The molecule has 7 heteroatoms. The number of hydrogen-bond acceptors (Lipinski definition) is 4. The molecule has 1 saturated heterocycles. The molecule has 3 aromatic rings. The molecular weight excluding hydrogens is 448 g/mol. The first-order chi connectivity index (χ1) is 16.4. The molecular formula is C27H30N2O4S. The van der Waals surface area contributed by atoms with Gasteiger partial charge in [-0.25, -0.2) is 8.42 Å². The predicted molar refractivity (Wildman–Crippen MR) is 132 cm³/mol. The van der Waals surface area contributed by atoms with E-state index in [9.17, 15) is 13.2 Å². The molecule has 1 aliphatic heterocycles. The van der Waals surface area contributed by atoms with Crippen LogP contribution in [0, 0.1) is 12.8 Å². The van der Waals surface area contributed by atoms with E-state index in [-0.39, 0.29) is 22.8 Å². The number of nitrogens with one attached hydrogen (secondary N) is 1. The zero-order chi connectivity index (χ0) is 24.1. The topological polar surface area (TPSA) is 75.7 Å². The summed E-state index contributed by atoms with van der Waals surface area (Å²) < 4.78 is 32.6. The maximum absolute atomic E-state index is 13.2. The highest BCUT2D eigenvalue weighted by molar-refractivity contribution is 7.89. The van der Waals surface area contributed by atoms with E-state index in [2.05, 4.69) is 5.32 Å². The molecule has 3 aromatic carbocycles. The number of sulfonamides is 1. The Morgan fingerprint density at radius 3 is 2.09 bits per heavy atom. The first-order valence-corrected chi connectivity index (χ1v) is 12.9. The smallest absolute Gasteiger partial charge is 0.243 e. The van der Waals surface area contributed by atoms with Crippen LogP contribution in [0.1, 0.15) is 35.6 Å². The fourth-order valence-electron chi connectivity index (χ4n) is 4.28. The van der Waals surface area contributed by atoms with Crippen molar-refractivity contribution in [3.8, 4) is 5.75 Å². The number of carbonyl (C=O) groups is 1. The second-order valence-electron chi connectivity index (χ2n) is 8.62. The normalized spacial score (nSPS) is 16.1. The van der Waals surface area contributed by atoms with Crippen LogP contribution in [0.25, 0.3) is 0 Å². The molecule has 0 saturated carbocycles. The molecule has 1 fully saturated rings. The lowest BCUT2D eigenvalue weighted by atomic mass is 9.94. The zero-order valence-corrected chi connectivity index (χ0v) is 20.3. The summed E-state index contributed by atoms with van der Waals surface area (Å²) >= 11 is 0. The standard InChI is InChI=1S/C27H30N2O4S/c1-20-8-10-22(11-9-20)26(21-6-4-3-5-7-21)28-27(30)23-16-18-29(19-17-23)34(31,32)25-14-12-24(33-2)13-15-25/h3-15,23,26H,16-19H2,1-2H3,(H,28,30)/t26-/m1/s1. The first-order valence-electron chi connectivity index (χ1n) is 11.4. The highest BCUT2D eigenvalue weighted by Gasteiger charge is 2.33. The van der Waals surface area contributed by atoms with E-state index in [0.29, 0.717) is 31.7 Å². The van der Waals surface area contributed by atoms with Gasteiger partial charge in [0.15, 0.2) is 0 Å². The summed E-state index contributed by atoms with van der Waals surface area (Å²) in [6.07, 6.45) is 0.966. The molecule has 4 rings (SSSR count). The predicted octanol–water partition coefficient (Wildman–Crippen LogP) is 4.31. The van der Waals surface area contributed by atoms with Crippen molar-refractivity contribution in [1.82, 2.24) is 9.62 Å². The van der Waals surface area contributed by atoms with Crippen molar-refractivity contribution in [3.63, 3.8) is 0 Å². The molecule has 0 spiro atoms. The number of rotatable bonds is 7. The van der Waals surface area contributed by atoms with Gasteiger partial charge in [0.1, 0.15) is 5.75 Å². The number of amides is 1. The first kappa shape index (κ1) is 24.0. The Balaban J connectivity index is 1.44. The van der Waals surface area contributed by atoms with Crippen molar-refractivity contribution in [2.45, 2.75) is 30.7 Å². The van der Waals surface area contributed by atoms with Gasteiger partial charge in [0.25, 0.3) is 0 Å². The average molecular weight is 479 g/mol. The van der Waals surface area contributed by atoms with Crippen LogP contribution in [0.3, 0.4) is 0 Å². The number of benzene rings is 3. The number of methoxy groups -OCH3 is 1. The molecule has 1 aliphatic rings. The van der Waals surface area contributed by atoms with Crippen LogP contribution in [0.2, 0.25) is 0 Å². The number of carbonyl (C=O) groups excluding carboxylic acids is 1. The minimum absolute atomic E-state index is 0.0454. The highest BCUT2D eigenvalue weighted by atomic mass is 32.2. The molecule has 0 unspecified atom stereocenters. The van der Waals surface area contributed by atoms with Gasteiger partial charge in [-0.2, -0.15) is 4.31 Å². The quantitative estimate of drug-likeness (QED) is 0.549. The van der Waals surface area contributed by atoms with Gasteiger partial charge in [-0.05, 0) is 55.2 Å². The monoisotopic (exact) mass is 478 g/mol. The largest absolute Gasteiger partial charge is 0.497 e. The number of nitrogens with zero attached hydrogens (tertiary/aromatic N) is 1. The molecule has 0 radical (unpaired) electrons. The second kappa shape index (κ2) is 10.4. The summed E-state index contributed by atoms with van der Waals surface area (Å²) in [5.41, 5.74) is 3.19. The molecule has 1 heterocycles. The molecule has 0 bridgehead atoms. The third-order valence-corrected chi connectivity index (χ3v) is 8.26. The van der Waals surface area contributed by atoms with Gasteiger partial charge in [-0.1, -0.05) is 60.2 Å². The lowest BCUT2D eigenvalue weighted by molar-refractivity contribution is -0.126. The van der Waals surface area contributed by atoms with Gasteiger partial charge in [0, 0.05) is 19.0 Å². The molecule has 0 aromatic heterocycles. The van der Waals surface area contributed by atoms with Crippen LogP contribution in [-0.2, 0) is 14.8 Å². The van der Waals surface area contributed by atoms with E-state index in [0.717, 1.165) is 16.7 Å². The number of piperidine rings is 1. The van der Waals surface area contributed by atoms with E-state index in [1.54, 1.807) is 31.4 Å². The SMILES string of the molecule is COc1ccc(S(=O)(=O)N2CCC(C(=O)N[C@H](c3ccccc3)c3ccc(C)cc3)CC2)cc1. The Kier molecular flexibility index (Phi) is 7.34. The zero-order valence-electron chi connectivity index (χ0n) is 19.5. The minimum Gasteiger partial charge on any atom is -0.497 e. The van der Waals surface area contributed by atoms with Crippen molar-refractivity contribution in [2.75, 3.05) is 20.2 Å². The third-order valence-electron chi connectivity index (χ3n) is 6.35. The van der Waals surface area contributed by atoms with Crippen molar-refractivity contribution in [1.29, 1.82) is 0 Å². The Bertz CT molecular complexity index is 1200. The van der Waals surface area contributed by atoms with Crippen LogP contribution in [0.4, 0.5) is 0 Å². The number of ether oxygens (including phenoxy) is 1. The number of aryl methyl sites for hydroxylation is 1. The molecule has 6 nitrogen and oxygen atoms in total. The summed E-state index contributed by atoms with van der Waals surface area (Å²) in [7, 11) is -2.06. The fraction of sp³-hybridized carbons (Fsp3) is 0.296. The third kappa shape index (κ3) is 5.32. The van der Waals surface area contributed by atoms with Gasteiger partial charge >= 0.3 is 0 Å². The van der Waals surface area contributed by atoms with E-state index in [4.69, 9.17) is 4.74 Å². The van der Waals surface area contributed by atoms with Crippen molar-refractivity contribution < 1.29 is 17.9 Å². The Hall–Kier alpha value is -3.16. The summed E-state index contributed by atoms with van der Waals surface area (Å²) in [6, 6.07) is 24.2. The highest BCUT2D eigenvalue weighted by Crippen LogP contribution is 2.27.